The SMILES string of the molecule is COc1cc(CN(C(=O)C2=C(c3ccc(OCCOc4cc(C)c(C)cc4Cl)cc3)C[C@@H]3CN(C(=O)O)C[C@H]2N3C(=O)O)C2CC2)cc(OC)c1. The molecule has 2 bridgehead atoms. The molecule has 2 fully saturated rings. The number of carbonyl (C=O) groups excluding carboxylic acids is 1. The quantitative estimate of drug-likeness (QED) is 0.201. The highest BCUT2D eigenvalue weighted by Crippen LogP contribution is 2.42. The molecule has 12 nitrogen and oxygen atoms in total. The van der Waals surface area contributed by atoms with Gasteiger partial charge in [-0.2, -0.15) is 0 Å². The first-order valence-electron chi connectivity index (χ1n) is 16.8. The lowest BCUT2D eigenvalue weighted by molar-refractivity contribution is -0.129. The number of carboxylic acid groups (broad SMARTS) is 2. The Labute approximate surface area is 301 Å². The van der Waals surface area contributed by atoms with E-state index in [0.717, 1.165) is 35.1 Å². The van der Waals surface area contributed by atoms with Crippen LogP contribution in [0.5, 0.6) is 23.0 Å². The number of ether oxygens (including phenoxy) is 4. The Bertz CT molecular complexity index is 1820. The van der Waals surface area contributed by atoms with E-state index >= 15 is 0 Å². The molecule has 3 amide bonds. The predicted molar refractivity (Wildman–Crippen MR) is 190 cm³/mol. The highest BCUT2D eigenvalue weighted by Gasteiger charge is 2.49. The summed E-state index contributed by atoms with van der Waals surface area (Å²) >= 11 is 6.34. The molecule has 2 N–H and O–H groups in total. The summed E-state index contributed by atoms with van der Waals surface area (Å²) in [4.78, 5) is 43.9. The van der Waals surface area contributed by atoms with Gasteiger partial charge in [-0.15, -0.1) is 0 Å². The maximum atomic E-state index is 14.8. The van der Waals surface area contributed by atoms with Crippen LogP contribution in [0.4, 0.5) is 9.59 Å². The van der Waals surface area contributed by atoms with Crippen molar-refractivity contribution >= 4 is 35.3 Å². The first-order chi connectivity index (χ1) is 24.5. The maximum absolute atomic E-state index is 14.8. The number of rotatable bonds is 12. The van der Waals surface area contributed by atoms with Gasteiger partial charge in [-0.05, 0) is 97.3 Å². The van der Waals surface area contributed by atoms with Crippen molar-refractivity contribution in [2.45, 2.75) is 57.8 Å². The van der Waals surface area contributed by atoms with Crippen molar-refractivity contribution in [1.82, 2.24) is 14.7 Å². The Kier molecular flexibility index (Phi) is 10.5. The zero-order valence-corrected chi connectivity index (χ0v) is 29.8. The van der Waals surface area contributed by atoms with Crippen molar-refractivity contribution in [2.75, 3.05) is 40.5 Å². The molecule has 51 heavy (non-hydrogen) atoms. The zero-order chi connectivity index (χ0) is 36.4. The minimum absolute atomic E-state index is 0.00473. The van der Waals surface area contributed by atoms with Gasteiger partial charge < -0.3 is 39.0 Å². The van der Waals surface area contributed by atoms with E-state index in [0.29, 0.717) is 33.6 Å². The molecule has 0 aromatic heterocycles. The number of carbonyl (C=O) groups is 3. The second-order valence-electron chi connectivity index (χ2n) is 13.1. The predicted octanol–water partition coefficient (Wildman–Crippen LogP) is 6.49. The molecule has 0 unspecified atom stereocenters. The minimum Gasteiger partial charge on any atom is -0.497 e. The number of hydrogen-bond donors (Lipinski definition) is 2. The van der Waals surface area contributed by atoms with Crippen LogP contribution in [0.1, 0.15) is 41.5 Å². The second kappa shape index (κ2) is 15.0. The molecule has 270 valence electrons. The number of benzene rings is 3. The first-order valence-corrected chi connectivity index (χ1v) is 17.2. The molecular formula is C38H42ClN3O9. The molecule has 1 saturated carbocycles. The zero-order valence-electron chi connectivity index (χ0n) is 29.1. The lowest BCUT2D eigenvalue weighted by atomic mass is 9.81. The number of piperazine rings is 1. The Morgan fingerprint density at radius 1 is 0.843 bits per heavy atom. The molecule has 6 rings (SSSR count). The molecule has 0 spiro atoms. The summed E-state index contributed by atoms with van der Waals surface area (Å²) in [5.74, 6) is 2.02. The summed E-state index contributed by atoms with van der Waals surface area (Å²) < 4.78 is 22.7. The highest BCUT2D eigenvalue weighted by molar-refractivity contribution is 6.32. The van der Waals surface area contributed by atoms with Crippen molar-refractivity contribution in [1.29, 1.82) is 0 Å². The second-order valence-corrected chi connectivity index (χ2v) is 13.5. The average Bonchev–Trinajstić information content (AvgIpc) is 3.95. The van der Waals surface area contributed by atoms with Crippen LogP contribution in [0.2, 0.25) is 5.02 Å². The topological polar surface area (TPSA) is 138 Å². The van der Waals surface area contributed by atoms with Gasteiger partial charge in [0.1, 0.15) is 36.2 Å². The van der Waals surface area contributed by atoms with Gasteiger partial charge in [-0.3, -0.25) is 9.69 Å². The molecule has 3 aliphatic rings. The van der Waals surface area contributed by atoms with Crippen LogP contribution in [0.25, 0.3) is 5.57 Å². The molecule has 2 aliphatic heterocycles. The van der Waals surface area contributed by atoms with E-state index in [4.69, 9.17) is 30.5 Å². The van der Waals surface area contributed by atoms with Crippen molar-refractivity contribution in [3.63, 3.8) is 0 Å². The average molecular weight is 720 g/mol. The summed E-state index contributed by atoms with van der Waals surface area (Å²) in [6, 6.07) is 14.8. The minimum atomic E-state index is -1.19. The van der Waals surface area contributed by atoms with Gasteiger partial charge in [-0.25, -0.2) is 9.59 Å². The Balaban J connectivity index is 1.30. The van der Waals surface area contributed by atoms with Crippen LogP contribution in [0.15, 0.2) is 60.2 Å². The third-order valence-electron chi connectivity index (χ3n) is 9.75. The molecular weight excluding hydrogens is 678 g/mol. The molecule has 1 aliphatic carbocycles. The highest BCUT2D eigenvalue weighted by atomic mass is 35.5. The third-order valence-corrected chi connectivity index (χ3v) is 10.0. The number of aryl methyl sites for hydroxylation is 2. The van der Waals surface area contributed by atoms with Crippen LogP contribution in [0, 0.1) is 13.8 Å². The third kappa shape index (κ3) is 7.80. The Hall–Kier alpha value is -5.10. The van der Waals surface area contributed by atoms with Gasteiger partial charge in [0.25, 0.3) is 5.91 Å². The number of amides is 3. The Morgan fingerprint density at radius 2 is 1.49 bits per heavy atom. The van der Waals surface area contributed by atoms with E-state index in [2.05, 4.69) is 0 Å². The lowest BCUT2D eigenvalue weighted by Crippen LogP contribution is -2.65. The molecule has 2 heterocycles. The van der Waals surface area contributed by atoms with Crippen LogP contribution in [-0.4, -0.2) is 102 Å². The number of nitrogens with zero attached hydrogens (tertiary/aromatic N) is 3. The van der Waals surface area contributed by atoms with Gasteiger partial charge in [0.05, 0.1) is 31.3 Å². The number of methoxy groups -OCH3 is 2. The van der Waals surface area contributed by atoms with Gasteiger partial charge in [0.15, 0.2) is 0 Å². The fourth-order valence-corrected chi connectivity index (χ4v) is 7.16. The van der Waals surface area contributed by atoms with Gasteiger partial charge in [-0.1, -0.05) is 23.7 Å². The fourth-order valence-electron chi connectivity index (χ4n) is 6.89. The summed E-state index contributed by atoms with van der Waals surface area (Å²) in [6.07, 6.45) is -0.568. The van der Waals surface area contributed by atoms with Crippen LogP contribution < -0.4 is 18.9 Å². The summed E-state index contributed by atoms with van der Waals surface area (Å²) in [7, 11) is 3.12. The molecule has 0 radical (unpaired) electrons. The maximum Gasteiger partial charge on any atom is 0.408 e. The van der Waals surface area contributed by atoms with E-state index in [9.17, 15) is 24.6 Å². The molecule has 3 aromatic carbocycles. The van der Waals surface area contributed by atoms with Crippen molar-refractivity contribution in [2.24, 2.45) is 0 Å². The van der Waals surface area contributed by atoms with Crippen molar-refractivity contribution in [3.8, 4) is 23.0 Å². The molecule has 13 heteroatoms. The molecule has 2 atom stereocenters. The standard InChI is InChI=1S/C38H42ClN3O9/c1-22-13-32(39)34(14-23(22)2)51-12-11-50-28-9-5-25(6-10-28)31-17-27-20-40(37(44)45)21-33(42(27)38(46)47)35(31)36(43)41(26-7-8-26)19-24-15-29(48-3)18-30(16-24)49-4/h5-6,9-10,13-16,18,26-27,33H,7-8,11-12,17,19-21H2,1-4H3,(H,44,45)(H,46,47)/t27-,33-/m1/s1. The monoisotopic (exact) mass is 719 g/mol. The molecule has 1 saturated heterocycles. The summed E-state index contributed by atoms with van der Waals surface area (Å²) in [5, 5.41) is 20.8. The van der Waals surface area contributed by atoms with Gasteiger partial charge in [0, 0.05) is 37.3 Å². The van der Waals surface area contributed by atoms with Gasteiger partial charge >= 0.3 is 12.2 Å². The smallest absolute Gasteiger partial charge is 0.408 e. The summed E-state index contributed by atoms with van der Waals surface area (Å²) in [6.45, 7) is 4.62. The number of fused-ring (bicyclic) bond motifs is 2. The van der Waals surface area contributed by atoms with E-state index < -0.39 is 24.3 Å². The largest absolute Gasteiger partial charge is 0.497 e. The van der Waals surface area contributed by atoms with E-state index in [-0.39, 0.29) is 56.8 Å². The van der Waals surface area contributed by atoms with Crippen LogP contribution in [0.3, 0.4) is 0 Å². The van der Waals surface area contributed by atoms with Gasteiger partial charge in [0.2, 0.25) is 0 Å². The van der Waals surface area contributed by atoms with E-state index in [1.807, 2.05) is 50.2 Å². The lowest BCUT2D eigenvalue weighted by Gasteiger charge is -2.49. The normalized spacial score (nSPS) is 18.3. The van der Waals surface area contributed by atoms with Crippen molar-refractivity contribution in [3.05, 3.63) is 87.4 Å². The number of hydrogen-bond acceptors (Lipinski definition) is 7. The summed E-state index contributed by atoms with van der Waals surface area (Å²) in [5.41, 5.74) is 4.68. The Morgan fingerprint density at radius 3 is 2.10 bits per heavy atom. The van der Waals surface area contributed by atoms with Crippen LogP contribution >= 0.6 is 11.6 Å². The fraction of sp³-hybridized carbons (Fsp3) is 0.395. The molecule has 3 aromatic rings. The van der Waals surface area contributed by atoms with Crippen LogP contribution in [-0.2, 0) is 11.3 Å². The van der Waals surface area contributed by atoms with E-state index in [1.54, 1.807) is 37.3 Å². The number of halogens is 1. The van der Waals surface area contributed by atoms with E-state index in [1.165, 1.54) is 9.80 Å². The van der Waals surface area contributed by atoms with Crippen molar-refractivity contribution < 1.29 is 43.5 Å². The first kappa shape index (κ1) is 35.7.